The van der Waals surface area contributed by atoms with Crippen molar-refractivity contribution in [1.29, 1.82) is 0 Å². The molecule has 0 unspecified atom stereocenters. The number of benzene rings is 1. The Hall–Kier alpha value is -1.69. The second kappa shape index (κ2) is 5.30. The van der Waals surface area contributed by atoms with Crippen molar-refractivity contribution >= 4 is 21.9 Å². The van der Waals surface area contributed by atoms with Crippen LogP contribution in [0, 0.1) is 6.92 Å². The van der Waals surface area contributed by atoms with Gasteiger partial charge in [0, 0.05) is 10.0 Å². The summed E-state index contributed by atoms with van der Waals surface area (Å²) < 4.78 is 5.94. The number of aromatic amines is 1. The van der Waals surface area contributed by atoms with Crippen LogP contribution in [0.4, 0.5) is 0 Å². The van der Waals surface area contributed by atoms with Gasteiger partial charge in [0.15, 0.2) is 5.69 Å². The van der Waals surface area contributed by atoms with Crippen LogP contribution >= 0.6 is 15.9 Å². The van der Waals surface area contributed by atoms with Gasteiger partial charge in [-0.05, 0) is 31.5 Å². The van der Waals surface area contributed by atoms with Crippen LogP contribution in [0.1, 0.15) is 23.0 Å². The lowest BCUT2D eigenvalue weighted by Crippen LogP contribution is -2.06. The van der Waals surface area contributed by atoms with Crippen LogP contribution in [-0.2, 0) is 4.74 Å². The molecule has 0 amide bonds. The fourth-order valence-electron chi connectivity index (χ4n) is 1.57. The second-order valence-electron chi connectivity index (χ2n) is 3.71. The van der Waals surface area contributed by atoms with E-state index < -0.39 is 5.97 Å². The number of hydrogen-bond acceptors (Lipinski definition) is 4. The molecular formula is C12H12BrN3O2. The molecule has 5 nitrogen and oxygen atoms in total. The number of hydrogen-bond donors (Lipinski definition) is 1. The molecule has 6 heteroatoms. The predicted molar refractivity (Wildman–Crippen MR) is 70.2 cm³/mol. The maximum Gasteiger partial charge on any atom is 0.361 e. The summed E-state index contributed by atoms with van der Waals surface area (Å²) in [5.41, 5.74) is 2.60. The number of nitrogens with one attached hydrogen (secondary N) is 1. The summed E-state index contributed by atoms with van der Waals surface area (Å²) >= 11 is 3.43. The normalized spacial score (nSPS) is 10.4. The van der Waals surface area contributed by atoms with Crippen LogP contribution in [-0.4, -0.2) is 28.0 Å². The number of ether oxygens (including phenoxy) is 1. The van der Waals surface area contributed by atoms with Gasteiger partial charge in [-0.25, -0.2) is 4.79 Å². The Morgan fingerprint density at radius 1 is 1.44 bits per heavy atom. The van der Waals surface area contributed by atoms with Gasteiger partial charge in [-0.15, -0.1) is 5.10 Å². The molecule has 0 aliphatic carbocycles. The first-order valence-corrected chi connectivity index (χ1v) is 6.27. The van der Waals surface area contributed by atoms with Crippen molar-refractivity contribution < 1.29 is 9.53 Å². The van der Waals surface area contributed by atoms with Crippen LogP contribution < -0.4 is 0 Å². The van der Waals surface area contributed by atoms with E-state index >= 15 is 0 Å². The predicted octanol–water partition coefficient (Wildman–Crippen LogP) is 2.72. The molecule has 94 valence electrons. The van der Waals surface area contributed by atoms with Crippen molar-refractivity contribution in [3.63, 3.8) is 0 Å². The monoisotopic (exact) mass is 309 g/mol. The zero-order chi connectivity index (χ0) is 13.1. The number of nitrogens with zero attached hydrogens (tertiary/aromatic N) is 2. The van der Waals surface area contributed by atoms with Crippen LogP contribution in [0.25, 0.3) is 11.3 Å². The van der Waals surface area contributed by atoms with Gasteiger partial charge < -0.3 is 4.74 Å². The molecule has 0 spiro atoms. The Kier molecular flexibility index (Phi) is 3.76. The number of aromatic nitrogens is 3. The number of esters is 1. The van der Waals surface area contributed by atoms with E-state index in [4.69, 9.17) is 4.74 Å². The number of rotatable bonds is 3. The van der Waals surface area contributed by atoms with Gasteiger partial charge in [0.05, 0.1) is 6.61 Å². The number of aryl methyl sites for hydroxylation is 1. The van der Waals surface area contributed by atoms with E-state index in [1.165, 1.54) is 0 Å². The smallest absolute Gasteiger partial charge is 0.361 e. The fraction of sp³-hybridized carbons (Fsp3) is 0.250. The Morgan fingerprint density at radius 2 is 2.22 bits per heavy atom. The maximum absolute atomic E-state index is 11.7. The second-order valence-corrected chi connectivity index (χ2v) is 4.56. The lowest BCUT2D eigenvalue weighted by Gasteiger charge is -2.03. The molecule has 18 heavy (non-hydrogen) atoms. The van der Waals surface area contributed by atoms with Crippen molar-refractivity contribution in [2.45, 2.75) is 13.8 Å². The summed E-state index contributed by atoms with van der Waals surface area (Å²) in [6, 6.07) is 5.72. The van der Waals surface area contributed by atoms with Gasteiger partial charge in [0.1, 0.15) is 5.69 Å². The van der Waals surface area contributed by atoms with Crippen LogP contribution in [0.2, 0.25) is 0 Å². The third-order valence-corrected chi connectivity index (χ3v) is 3.34. The lowest BCUT2D eigenvalue weighted by atomic mass is 10.1. The van der Waals surface area contributed by atoms with Gasteiger partial charge in [0.25, 0.3) is 0 Å². The number of carbonyl (C=O) groups is 1. The van der Waals surface area contributed by atoms with E-state index in [9.17, 15) is 4.79 Å². The van der Waals surface area contributed by atoms with E-state index in [2.05, 4.69) is 31.3 Å². The largest absolute Gasteiger partial charge is 0.461 e. The van der Waals surface area contributed by atoms with Crippen LogP contribution in [0.5, 0.6) is 0 Å². The van der Waals surface area contributed by atoms with Gasteiger partial charge in [-0.3, -0.25) is 0 Å². The maximum atomic E-state index is 11.7. The molecule has 1 aromatic heterocycles. The highest BCUT2D eigenvalue weighted by Gasteiger charge is 2.19. The summed E-state index contributed by atoms with van der Waals surface area (Å²) in [4.78, 5) is 11.7. The van der Waals surface area contributed by atoms with Crippen molar-refractivity contribution in [3.8, 4) is 11.3 Å². The third kappa shape index (κ3) is 2.43. The van der Waals surface area contributed by atoms with Gasteiger partial charge >= 0.3 is 5.97 Å². The van der Waals surface area contributed by atoms with Crippen molar-refractivity contribution in [2.75, 3.05) is 6.61 Å². The number of H-pyrrole nitrogens is 1. The highest BCUT2D eigenvalue weighted by Crippen LogP contribution is 2.25. The zero-order valence-corrected chi connectivity index (χ0v) is 11.6. The molecule has 0 aliphatic heterocycles. The molecule has 0 fully saturated rings. The summed E-state index contributed by atoms with van der Waals surface area (Å²) in [5, 5.41) is 10.3. The van der Waals surface area contributed by atoms with Gasteiger partial charge in [-0.1, -0.05) is 22.0 Å². The van der Waals surface area contributed by atoms with E-state index in [1.807, 2.05) is 25.1 Å². The summed E-state index contributed by atoms with van der Waals surface area (Å²) in [6.07, 6.45) is 0. The van der Waals surface area contributed by atoms with E-state index in [-0.39, 0.29) is 5.69 Å². The van der Waals surface area contributed by atoms with E-state index in [0.717, 1.165) is 15.6 Å². The van der Waals surface area contributed by atoms with Crippen molar-refractivity contribution in [2.24, 2.45) is 0 Å². The minimum atomic E-state index is -0.471. The molecule has 0 bridgehead atoms. The fourth-order valence-corrected chi connectivity index (χ4v) is 1.81. The minimum Gasteiger partial charge on any atom is -0.461 e. The molecule has 0 saturated heterocycles. The molecule has 1 aromatic carbocycles. The Bertz CT molecular complexity index is 580. The summed E-state index contributed by atoms with van der Waals surface area (Å²) in [7, 11) is 0. The lowest BCUT2D eigenvalue weighted by molar-refractivity contribution is 0.0520. The van der Waals surface area contributed by atoms with Gasteiger partial charge in [0.2, 0.25) is 0 Å². The standard InChI is InChI=1S/C12H12BrN3O2/c1-3-18-12(17)11-10(14-16-15-11)8-4-5-9(13)7(2)6-8/h4-6H,3H2,1-2H3,(H,14,15,16). The van der Waals surface area contributed by atoms with Crippen molar-refractivity contribution in [1.82, 2.24) is 15.4 Å². The van der Waals surface area contributed by atoms with Crippen LogP contribution in [0.3, 0.4) is 0 Å². The molecule has 1 N–H and O–H groups in total. The average Bonchev–Trinajstić information content (AvgIpc) is 2.82. The average molecular weight is 310 g/mol. The van der Waals surface area contributed by atoms with Crippen LogP contribution in [0.15, 0.2) is 22.7 Å². The molecule has 0 atom stereocenters. The van der Waals surface area contributed by atoms with E-state index in [1.54, 1.807) is 6.92 Å². The highest BCUT2D eigenvalue weighted by molar-refractivity contribution is 9.10. The third-order valence-electron chi connectivity index (χ3n) is 2.45. The molecule has 0 radical (unpaired) electrons. The zero-order valence-electron chi connectivity index (χ0n) is 10.0. The Morgan fingerprint density at radius 3 is 2.89 bits per heavy atom. The number of carbonyl (C=O) groups excluding carboxylic acids is 1. The van der Waals surface area contributed by atoms with Crippen molar-refractivity contribution in [3.05, 3.63) is 33.9 Å². The molecule has 0 saturated carbocycles. The molecule has 1 heterocycles. The first-order chi connectivity index (χ1) is 8.63. The molecule has 2 aromatic rings. The SMILES string of the molecule is CCOC(=O)c1n[nH]nc1-c1ccc(Br)c(C)c1. The first kappa shape index (κ1) is 12.8. The molecule has 2 rings (SSSR count). The van der Waals surface area contributed by atoms with Gasteiger partial charge in [-0.2, -0.15) is 10.3 Å². The highest BCUT2D eigenvalue weighted by atomic mass is 79.9. The summed E-state index contributed by atoms with van der Waals surface area (Å²) in [5.74, 6) is -0.471. The Balaban J connectivity index is 2.42. The quantitative estimate of drug-likeness (QED) is 0.885. The minimum absolute atomic E-state index is 0.207. The Labute approximate surface area is 113 Å². The molecular weight excluding hydrogens is 298 g/mol. The number of halogens is 1. The topological polar surface area (TPSA) is 67.9 Å². The van der Waals surface area contributed by atoms with E-state index in [0.29, 0.717) is 12.3 Å². The first-order valence-electron chi connectivity index (χ1n) is 5.48. The summed E-state index contributed by atoms with van der Waals surface area (Å²) in [6.45, 7) is 4.03. The molecule has 0 aliphatic rings.